The van der Waals surface area contributed by atoms with Crippen molar-refractivity contribution < 1.29 is 9.84 Å². The van der Waals surface area contributed by atoms with E-state index in [1.165, 1.54) is 44.9 Å². The van der Waals surface area contributed by atoms with Crippen LogP contribution in [0, 0.1) is 5.92 Å². The number of hydrogen-bond donors (Lipinski definition) is 2. The Balaban J connectivity index is 1.85. The number of nitrogens with two attached hydrogens (primary N) is 1. The molecule has 1 saturated carbocycles. The summed E-state index contributed by atoms with van der Waals surface area (Å²) in [5.41, 5.74) is 7.08. The molecule has 1 atom stereocenters. The number of aliphatic hydroxyl groups is 1. The molecular formula is C18H29NO2. The molecule has 1 aliphatic rings. The first-order valence-electron chi connectivity index (χ1n) is 8.39. The summed E-state index contributed by atoms with van der Waals surface area (Å²) in [6.07, 6.45) is 10.0. The van der Waals surface area contributed by atoms with Crippen molar-refractivity contribution in [1.29, 1.82) is 0 Å². The maximum absolute atomic E-state index is 8.98. The summed E-state index contributed by atoms with van der Waals surface area (Å²) in [6, 6.07) is 7.89. The van der Waals surface area contributed by atoms with E-state index in [1.807, 2.05) is 24.3 Å². The minimum absolute atomic E-state index is 0.111. The van der Waals surface area contributed by atoms with Gasteiger partial charge in [-0.2, -0.15) is 0 Å². The van der Waals surface area contributed by atoms with Crippen LogP contribution >= 0.6 is 0 Å². The van der Waals surface area contributed by atoms with Gasteiger partial charge in [0, 0.05) is 12.6 Å². The lowest BCUT2D eigenvalue weighted by Gasteiger charge is -2.20. The van der Waals surface area contributed by atoms with E-state index in [9.17, 15) is 0 Å². The van der Waals surface area contributed by atoms with Crippen molar-refractivity contribution in [2.45, 2.75) is 57.4 Å². The summed E-state index contributed by atoms with van der Waals surface area (Å²) in [7, 11) is 0. The van der Waals surface area contributed by atoms with Gasteiger partial charge in [-0.05, 0) is 42.9 Å². The predicted octanol–water partition coefficient (Wildman–Crippen LogP) is 3.81. The average molecular weight is 291 g/mol. The Labute approximate surface area is 128 Å². The number of hydrogen-bond acceptors (Lipinski definition) is 3. The Hall–Kier alpha value is -1.06. The highest BCUT2D eigenvalue weighted by Gasteiger charge is 2.13. The van der Waals surface area contributed by atoms with Crippen LogP contribution in [0.2, 0.25) is 0 Å². The standard InChI is InChI=1S/C18H29NO2/c19-18(11-12-20)16-9-6-10-17(13-16)21-14-15-7-4-2-1-3-5-8-15/h6,9-10,13,15,18,20H,1-5,7-8,11-12,14,19H2. The Morgan fingerprint density at radius 2 is 1.86 bits per heavy atom. The van der Waals surface area contributed by atoms with Crippen LogP contribution < -0.4 is 10.5 Å². The van der Waals surface area contributed by atoms with Crippen molar-refractivity contribution in [3.05, 3.63) is 29.8 Å². The van der Waals surface area contributed by atoms with Crippen molar-refractivity contribution in [1.82, 2.24) is 0 Å². The lowest BCUT2D eigenvalue weighted by molar-refractivity contribution is 0.218. The zero-order chi connectivity index (χ0) is 14.9. The lowest BCUT2D eigenvalue weighted by atomic mass is 9.92. The van der Waals surface area contributed by atoms with Crippen LogP contribution in [-0.4, -0.2) is 18.3 Å². The largest absolute Gasteiger partial charge is 0.493 e. The Morgan fingerprint density at radius 3 is 2.57 bits per heavy atom. The van der Waals surface area contributed by atoms with Gasteiger partial charge >= 0.3 is 0 Å². The number of ether oxygens (including phenoxy) is 1. The molecule has 21 heavy (non-hydrogen) atoms. The Bertz CT molecular complexity index is 400. The van der Waals surface area contributed by atoms with Crippen LogP contribution in [0.1, 0.15) is 63.0 Å². The molecule has 3 N–H and O–H groups in total. The van der Waals surface area contributed by atoms with Crippen molar-refractivity contribution in [3.8, 4) is 5.75 Å². The zero-order valence-corrected chi connectivity index (χ0v) is 13.0. The first-order valence-corrected chi connectivity index (χ1v) is 8.39. The third kappa shape index (κ3) is 5.68. The van der Waals surface area contributed by atoms with Crippen LogP contribution in [0.5, 0.6) is 5.75 Å². The van der Waals surface area contributed by atoms with Gasteiger partial charge in [-0.25, -0.2) is 0 Å². The van der Waals surface area contributed by atoms with E-state index in [1.54, 1.807) is 0 Å². The molecule has 0 saturated heterocycles. The van der Waals surface area contributed by atoms with Crippen LogP contribution in [0.3, 0.4) is 0 Å². The molecule has 0 amide bonds. The minimum Gasteiger partial charge on any atom is -0.493 e. The SMILES string of the molecule is NC(CCO)c1cccc(OCC2CCCCCCC2)c1. The van der Waals surface area contributed by atoms with E-state index in [-0.39, 0.29) is 12.6 Å². The van der Waals surface area contributed by atoms with Crippen molar-refractivity contribution in [3.63, 3.8) is 0 Å². The van der Waals surface area contributed by atoms with Gasteiger partial charge in [0.2, 0.25) is 0 Å². The fraction of sp³-hybridized carbons (Fsp3) is 0.667. The highest BCUT2D eigenvalue weighted by atomic mass is 16.5. The van der Waals surface area contributed by atoms with Crippen LogP contribution in [0.4, 0.5) is 0 Å². The first-order chi connectivity index (χ1) is 10.3. The lowest BCUT2D eigenvalue weighted by Crippen LogP contribution is -2.14. The Kier molecular flexibility index (Phi) is 7.04. The van der Waals surface area contributed by atoms with Gasteiger partial charge in [0.05, 0.1) is 6.61 Å². The number of aliphatic hydroxyl groups excluding tert-OH is 1. The maximum Gasteiger partial charge on any atom is 0.119 e. The molecule has 2 rings (SSSR count). The summed E-state index contributed by atoms with van der Waals surface area (Å²) in [4.78, 5) is 0. The summed E-state index contributed by atoms with van der Waals surface area (Å²) in [6.45, 7) is 0.938. The molecule has 3 heteroatoms. The molecule has 118 valence electrons. The molecule has 1 unspecified atom stereocenters. The summed E-state index contributed by atoms with van der Waals surface area (Å²) < 4.78 is 5.99. The van der Waals surface area contributed by atoms with E-state index in [0.29, 0.717) is 12.3 Å². The predicted molar refractivity (Wildman–Crippen MR) is 86.4 cm³/mol. The fourth-order valence-corrected chi connectivity index (χ4v) is 3.06. The fourth-order valence-electron chi connectivity index (χ4n) is 3.06. The van der Waals surface area contributed by atoms with Crippen LogP contribution in [0.15, 0.2) is 24.3 Å². The highest BCUT2D eigenvalue weighted by molar-refractivity contribution is 5.30. The molecule has 1 aromatic carbocycles. The van der Waals surface area contributed by atoms with Gasteiger partial charge < -0.3 is 15.6 Å². The Morgan fingerprint density at radius 1 is 1.14 bits per heavy atom. The second-order valence-electron chi connectivity index (χ2n) is 6.21. The average Bonchev–Trinajstić information content (AvgIpc) is 2.47. The van der Waals surface area contributed by atoms with Gasteiger partial charge in [-0.1, -0.05) is 44.2 Å². The van der Waals surface area contributed by atoms with Crippen molar-refractivity contribution in [2.24, 2.45) is 11.7 Å². The second-order valence-corrected chi connectivity index (χ2v) is 6.21. The third-order valence-corrected chi connectivity index (χ3v) is 4.44. The quantitative estimate of drug-likeness (QED) is 0.838. The highest BCUT2D eigenvalue weighted by Crippen LogP contribution is 2.24. The normalized spacial score (nSPS) is 18.8. The molecule has 1 aliphatic carbocycles. The monoisotopic (exact) mass is 291 g/mol. The smallest absolute Gasteiger partial charge is 0.119 e. The molecule has 0 spiro atoms. The van der Waals surface area contributed by atoms with E-state index in [2.05, 4.69) is 0 Å². The molecule has 0 aromatic heterocycles. The molecular weight excluding hydrogens is 262 g/mol. The maximum atomic E-state index is 8.98. The first kappa shape index (κ1) is 16.3. The van der Waals surface area contributed by atoms with E-state index in [0.717, 1.165) is 17.9 Å². The minimum atomic E-state index is -0.111. The third-order valence-electron chi connectivity index (χ3n) is 4.44. The van der Waals surface area contributed by atoms with Crippen LogP contribution in [0.25, 0.3) is 0 Å². The molecule has 1 aromatic rings. The molecule has 1 fully saturated rings. The van der Waals surface area contributed by atoms with E-state index >= 15 is 0 Å². The van der Waals surface area contributed by atoms with Gasteiger partial charge in [0.25, 0.3) is 0 Å². The summed E-state index contributed by atoms with van der Waals surface area (Å²) >= 11 is 0. The van der Waals surface area contributed by atoms with Crippen LogP contribution in [-0.2, 0) is 0 Å². The molecule has 0 aliphatic heterocycles. The molecule has 0 heterocycles. The van der Waals surface area contributed by atoms with E-state index < -0.39 is 0 Å². The zero-order valence-electron chi connectivity index (χ0n) is 13.0. The molecule has 0 radical (unpaired) electrons. The molecule has 3 nitrogen and oxygen atoms in total. The van der Waals surface area contributed by atoms with Crippen molar-refractivity contribution >= 4 is 0 Å². The second kappa shape index (κ2) is 9.06. The van der Waals surface area contributed by atoms with Gasteiger partial charge in [-0.3, -0.25) is 0 Å². The summed E-state index contributed by atoms with van der Waals surface area (Å²) in [5.74, 6) is 1.60. The van der Waals surface area contributed by atoms with Gasteiger partial charge in [0.15, 0.2) is 0 Å². The van der Waals surface area contributed by atoms with Gasteiger partial charge in [-0.15, -0.1) is 0 Å². The topological polar surface area (TPSA) is 55.5 Å². The van der Waals surface area contributed by atoms with E-state index in [4.69, 9.17) is 15.6 Å². The molecule has 0 bridgehead atoms. The number of rotatable bonds is 6. The van der Waals surface area contributed by atoms with Crippen molar-refractivity contribution in [2.75, 3.05) is 13.2 Å². The number of benzene rings is 1. The van der Waals surface area contributed by atoms with Gasteiger partial charge in [0.1, 0.15) is 5.75 Å². The summed E-state index contributed by atoms with van der Waals surface area (Å²) in [5, 5.41) is 8.98.